The van der Waals surface area contributed by atoms with Gasteiger partial charge in [-0.05, 0) is 49.3 Å². The van der Waals surface area contributed by atoms with E-state index < -0.39 is 0 Å². The fourth-order valence-electron chi connectivity index (χ4n) is 2.02. The van der Waals surface area contributed by atoms with Crippen LogP contribution in [0.5, 0.6) is 0 Å². The summed E-state index contributed by atoms with van der Waals surface area (Å²) in [6.07, 6.45) is 7.82. The van der Waals surface area contributed by atoms with Crippen molar-refractivity contribution in [1.29, 1.82) is 0 Å². The zero-order valence-electron chi connectivity index (χ0n) is 9.41. The average molecular weight is 203 g/mol. The van der Waals surface area contributed by atoms with Crippen LogP contribution < -0.4 is 5.73 Å². The van der Waals surface area contributed by atoms with E-state index in [4.69, 9.17) is 5.73 Å². The van der Waals surface area contributed by atoms with Crippen molar-refractivity contribution in [2.24, 2.45) is 11.7 Å². The molecule has 1 aliphatic rings. The van der Waals surface area contributed by atoms with Crippen LogP contribution in [0, 0.1) is 5.92 Å². The van der Waals surface area contributed by atoms with Crippen LogP contribution in [0.3, 0.4) is 0 Å². The summed E-state index contributed by atoms with van der Waals surface area (Å²) in [5, 5.41) is 0. The highest BCUT2D eigenvalue weighted by molar-refractivity contribution is 5.23. The molecule has 0 amide bonds. The first-order valence-corrected chi connectivity index (χ1v) is 6.16. The molecule has 0 aromatic heterocycles. The minimum atomic E-state index is 0.798. The predicted molar refractivity (Wildman–Crippen MR) is 64.9 cm³/mol. The van der Waals surface area contributed by atoms with Crippen molar-refractivity contribution in [3.63, 3.8) is 0 Å². The molecule has 1 heteroatoms. The van der Waals surface area contributed by atoms with Crippen LogP contribution in [0.25, 0.3) is 0 Å². The van der Waals surface area contributed by atoms with Gasteiger partial charge in [-0.25, -0.2) is 0 Å². The zero-order chi connectivity index (χ0) is 10.5. The van der Waals surface area contributed by atoms with E-state index in [0.29, 0.717) is 0 Å². The quantitative estimate of drug-likeness (QED) is 0.756. The summed E-state index contributed by atoms with van der Waals surface area (Å²) in [7, 11) is 0. The summed E-state index contributed by atoms with van der Waals surface area (Å²) in [6, 6.07) is 9.02. The molecule has 1 nitrogen and oxygen atoms in total. The molecule has 1 aromatic carbocycles. The van der Waals surface area contributed by atoms with Crippen LogP contribution in [0.15, 0.2) is 24.3 Å². The van der Waals surface area contributed by atoms with Gasteiger partial charge in [0.15, 0.2) is 0 Å². The van der Waals surface area contributed by atoms with Gasteiger partial charge in [0, 0.05) is 0 Å². The normalized spacial score (nSPS) is 15.5. The molecular weight excluding hydrogens is 182 g/mol. The lowest BCUT2D eigenvalue weighted by Crippen LogP contribution is -2.00. The van der Waals surface area contributed by atoms with Crippen LogP contribution in [-0.2, 0) is 12.8 Å². The molecule has 0 heterocycles. The van der Waals surface area contributed by atoms with Gasteiger partial charge < -0.3 is 5.73 Å². The van der Waals surface area contributed by atoms with Crippen molar-refractivity contribution in [3.8, 4) is 0 Å². The van der Waals surface area contributed by atoms with Gasteiger partial charge in [0.2, 0.25) is 0 Å². The van der Waals surface area contributed by atoms with E-state index in [-0.39, 0.29) is 0 Å². The molecule has 2 rings (SSSR count). The van der Waals surface area contributed by atoms with Crippen LogP contribution in [0.1, 0.15) is 36.8 Å². The van der Waals surface area contributed by atoms with Crippen molar-refractivity contribution < 1.29 is 0 Å². The molecule has 0 spiro atoms. The summed E-state index contributed by atoms with van der Waals surface area (Å²) in [5.74, 6) is 1.04. The monoisotopic (exact) mass is 203 g/mol. The van der Waals surface area contributed by atoms with Crippen molar-refractivity contribution in [1.82, 2.24) is 0 Å². The molecule has 0 unspecified atom stereocenters. The highest BCUT2D eigenvalue weighted by Crippen LogP contribution is 2.33. The molecule has 2 N–H and O–H groups in total. The topological polar surface area (TPSA) is 26.0 Å². The Balaban J connectivity index is 1.85. The van der Waals surface area contributed by atoms with Crippen molar-refractivity contribution in [2.45, 2.75) is 38.5 Å². The van der Waals surface area contributed by atoms with Crippen molar-refractivity contribution in [3.05, 3.63) is 35.4 Å². The molecule has 82 valence electrons. The summed E-state index contributed by atoms with van der Waals surface area (Å²) < 4.78 is 0. The Hall–Kier alpha value is -0.820. The SMILES string of the molecule is NCCCc1cccc(CCC2CC2)c1. The van der Waals surface area contributed by atoms with E-state index in [0.717, 1.165) is 25.3 Å². The summed E-state index contributed by atoms with van der Waals surface area (Å²) in [4.78, 5) is 0. The van der Waals surface area contributed by atoms with Crippen LogP contribution >= 0.6 is 0 Å². The lowest BCUT2D eigenvalue weighted by molar-refractivity contribution is 0.725. The first-order valence-electron chi connectivity index (χ1n) is 6.16. The third-order valence-electron chi connectivity index (χ3n) is 3.20. The maximum absolute atomic E-state index is 5.52. The first kappa shape index (κ1) is 10.7. The molecule has 1 aliphatic carbocycles. The largest absolute Gasteiger partial charge is 0.330 e. The third-order valence-corrected chi connectivity index (χ3v) is 3.20. The number of hydrogen-bond acceptors (Lipinski definition) is 1. The van der Waals surface area contributed by atoms with E-state index in [9.17, 15) is 0 Å². The van der Waals surface area contributed by atoms with E-state index in [1.807, 2.05) is 0 Å². The third kappa shape index (κ3) is 3.67. The Morgan fingerprint density at radius 2 is 1.87 bits per heavy atom. The van der Waals surface area contributed by atoms with Gasteiger partial charge in [-0.2, -0.15) is 0 Å². The highest BCUT2D eigenvalue weighted by atomic mass is 14.5. The van der Waals surface area contributed by atoms with Gasteiger partial charge in [0.1, 0.15) is 0 Å². The lowest BCUT2D eigenvalue weighted by atomic mass is 10.0. The minimum Gasteiger partial charge on any atom is -0.330 e. The van der Waals surface area contributed by atoms with Crippen LogP contribution in [0.2, 0.25) is 0 Å². The number of hydrogen-bond donors (Lipinski definition) is 1. The maximum atomic E-state index is 5.52. The molecule has 1 fully saturated rings. The fraction of sp³-hybridized carbons (Fsp3) is 0.571. The molecule has 1 aromatic rings. The Morgan fingerprint density at radius 3 is 2.53 bits per heavy atom. The molecule has 0 bridgehead atoms. The van der Waals surface area contributed by atoms with Crippen LogP contribution in [0.4, 0.5) is 0 Å². The second-order valence-corrected chi connectivity index (χ2v) is 4.69. The average Bonchev–Trinajstić information content (AvgIpc) is 3.08. The Labute approximate surface area is 92.7 Å². The Bertz CT molecular complexity index is 302. The van der Waals surface area contributed by atoms with Crippen molar-refractivity contribution in [2.75, 3.05) is 6.54 Å². The van der Waals surface area contributed by atoms with Gasteiger partial charge in [-0.3, -0.25) is 0 Å². The summed E-state index contributed by atoms with van der Waals surface area (Å²) in [6.45, 7) is 0.798. The summed E-state index contributed by atoms with van der Waals surface area (Å²) >= 11 is 0. The van der Waals surface area contributed by atoms with Gasteiger partial charge in [-0.15, -0.1) is 0 Å². The van der Waals surface area contributed by atoms with Gasteiger partial charge in [0.25, 0.3) is 0 Å². The first-order chi connectivity index (χ1) is 7.38. The number of benzene rings is 1. The smallest absolute Gasteiger partial charge is 0.00741 e. The minimum absolute atomic E-state index is 0.798. The highest BCUT2D eigenvalue weighted by Gasteiger charge is 2.20. The van der Waals surface area contributed by atoms with Gasteiger partial charge >= 0.3 is 0 Å². The molecule has 0 radical (unpaired) electrons. The number of rotatable bonds is 6. The molecular formula is C14H21N. The number of nitrogens with two attached hydrogens (primary N) is 1. The number of aryl methyl sites for hydroxylation is 2. The van der Waals surface area contributed by atoms with E-state index in [2.05, 4.69) is 24.3 Å². The molecule has 0 saturated heterocycles. The zero-order valence-corrected chi connectivity index (χ0v) is 9.41. The van der Waals surface area contributed by atoms with Crippen LogP contribution in [-0.4, -0.2) is 6.54 Å². The summed E-state index contributed by atoms with van der Waals surface area (Å²) in [5.41, 5.74) is 8.48. The molecule has 1 saturated carbocycles. The van der Waals surface area contributed by atoms with Gasteiger partial charge in [-0.1, -0.05) is 37.1 Å². The van der Waals surface area contributed by atoms with E-state index in [1.54, 1.807) is 0 Å². The molecule has 0 atom stereocenters. The second-order valence-electron chi connectivity index (χ2n) is 4.69. The fourth-order valence-corrected chi connectivity index (χ4v) is 2.02. The molecule has 15 heavy (non-hydrogen) atoms. The Morgan fingerprint density at radius 1 is 1.13 bits per heavy atom. The lowest BCUT2D eigenvalue weighted by Gasteiger charge is -2.04. The standard InChI is InChI=1S/C14H21N/c15-10-2-5-13-3-1-4-14(11-13)9-8-12-6-7-12/h1,3-4,11-12H,2,5-10,15H2. The van der Waals surface area contributed by atoms with Gasteiger partial charge in [0.05, 0.1) is 0 Å². The van der Waals surface area contributed by atoms with E-state index in [1.165, 1.54) is 36.8 Å². The predicted octanol–water partition coefficient (Wildman–Crippen LogP) is 2.92. The molecule has 0 aliphatic heterocycles. The van der Waals surface area contributed by atoms with Crippen molar-refractivity contribution >= 4 is 0 Å². The Kier molecular flexibility index (Phi) is 3.79. The van der Waals surface area contributed by atoms with E-state index >= 15 is 0 Å². The second kappa shape index (κ2) is 5.32. The maximum Gasteiger partial charge on any atom is -0.00741 e.